The summed E-state index contributed by atoms with van der Waals surface area (Å²) in [5, 5.41) is 0. The van der Waals surface area contributed by atoms with Crippen molar-refractivity contribution in [3.8, 4) is 5.75 Å². The summed E-state index contributed by atoms with van der Waals surface area (Å²) >= 11 is 0. The predicted octanol–water partition coefficient (Wildman–Crippen LogP) is 2.92. The third-order valence-corrected chi connectivity index (χ3v) is 1.59. The molecule has 0 fully saturated rings. The maximum atomic E-state index is 11.3. The monoisotopic (exact) mass is 220 g/mol. The Morgan fingerprint density at radius 3 is 2.38 bits per heavy atom. The van der Waals surface area contributed by atoms with Crippen LogP contribution in [0.3, 0.4) is 0 Å². The van der Waals surface area contributed by atoms with Crippen molar-refractivity contribution >= 4 is 5.97 Å². The predicted molar refractivity (Wildman–Crippen MR) is 62.1 cm³/mol. The molecule has 1 aromatic rings. The number of esters is 1. The van der Waals surface area contributed by atoms with Gasteiger partial charge in [-0.3, -0.25) is 0 Å². The summed E-state index contributed by atoms with van der Waals surface area (Å²) in [4.78, 5) is 11.3. The molecular weight excluding hydrogens is 204 g/mol. The highest BCUT2D eigenvalue weighted by Crippen LogP contribution is 2.09. The molecule has 0 saturated carbocycles. The number of carbonyl (C=O) groups excluding carboxylic acids is 1. The van der Waals surface area contributed by atoms with Crippen molar-refractivity contribution in [2.45, 2.75) is 26.4 Å². The van der Waals surface area contributed by atoms with Gasteiger partial charge in [0.15, 0.2) is 0 Å². The Balaban J connectivity index is 2.43. The van der Waals surface area contributed by atoms with Gasteiger partial charge in [0, 0.05) is 0 Å². The fraction of sp³-hybridized carbons (Fsp3) is 0.308. The van der Waals surface area contributed by atoms with Crippen LogP contribution in [-0.2, 0) is 9.53 Å². The van der Waals surface area contributed by atoms with Crippen molar-refractivity contribution in [3.63, 3.8) is 0 Å². The summed E-state index contributed by atoms with van der Waals surface area (Å²) in [6.07, 6.45) is 2.61. The van der Waals surface area contributed by atoms with Gasteiger partial charge < -0.3 is 9.47 Å². The van der Waals surface area contributed by atoms with Crippen molar-refractivity contribution in [1.29, 1.82) is 0 Å². The summed E-state index contributed by atoms with van der Waals surface area (Å²) in [5.74, 6) is 0.0726. The minimum atomic E-state index is -0.449. The van der Waals surface area contributed by atoms with Gasteiger partial charge >= 0.3 is 5.97 Å². The van der Waals surface area contributed by atoms with Crippen LogP contribution in [0.1, 0.15) is 20.8 Å². The molecule has 3 heteroatoms. The smallest absolute Gasteiger partial charge is 0.339 e. The van der Waals surface area contributed by atoms with E-state index >= 15 is 0 Å². The van der Waals surface area contributed by atoms with E-state index in [-0.39, 0.29) is 5.60 Å². The molecule has 1 rings (SSSR count). The first kappa shape index (κ1) is 12.3. The lowest BCUT2D eigenvalue weighted by molar-refractivity contribution is -0.129. The van der Waals surface area contributed by atoms with Crippen molar-refractivity contribution in [2.24, 2.45) is 0 Å². The van der Waals surface area contributed by atoms with Crippen LogP contribution in [0.15, 0.2) is 42.7 Å². The molecule has 3 nitrogen and oxygen atoms in total. The molecule has 0 amide bonds. The molecule has 0 bridgehead atoms. The Labute approximate surface area is 95.7 Å². The van der Waals surface area contributed by atoms with Crippen LogP contribution in [0.25, 0.3) is 0 Å². The van der Waals surface area contributed by atoms with Gasteiger partial charge in [-0.2, -0.15) is 0 Å². The van der Waals surface area contributed by atoms with Gasteiger partial charge in [0.1, 0.15) is 5.75 Å². The summed E-state index contributed by atoms with van der Waals surface area (Å²) in [7, 11) is 0. The third kappa shape index (κ3) is 5.20. The van der Waals surface area contributed by atoms with Crippen molar-refractivity contribution in [2.75, 3.05) is 0 Å². The average molecular weight is 220 g/mol. The Kier molecular flexibility index (Phi) is 4.11. The summed E-state index contributed by atoms with van der Waals surface area (Å²) in [6.45, 7) is 5.71. The van der Waals surface area contributed by atoms with E-state index in [0.29, 0.717) is 5.75 Å². The van der Waals surface area contributed by atoms with E-state index < -0.39 is 5.97 Å². The fourth-order valence-electron chi connectivity index (χ4n) is 0.932. The summed E-state index contributed by atoms with van der Waals surface area (Å²) in [5.41, 5.74) is -0.302. The van der Waals surface area contributed by atoms with E-state index in [9.17, 15) is 4.79 Å². The van der Waals surface area contributed by atoms with Gasteiger partial charge in [-0.05, 0) is 32.9 Å². The zero-order chi connectivity index (χ0) is 12.0. The van der Waals surface area contributed by atoms with Crippen molar-refractivity contribution in [3.05, 3.63) is 42.7 Å². The molecule has 1 aromatic carbocycles. The van der Waals surface area contributed by atoms with Crippen molar-refractivity contribution < 1.29 is 14.3 Å². The maximum absolute atomic E-state index is 11.3. The molecule has 16 heavy (non-hydrogen) atoms. The van der Waals surface area contributed by atoms with Gasteiger partial charge in [0.25, 0.3) is 0 Å². The highest BCUT2D eigenvalue weighted by Gasteiger charge is 2.08. The van der Waals surface area contributed by atoms with E-state index in [2.05, 4.69) is 0 Å². The number of benzene rings is 1. The van der Waals surface area contributed by atoms with Gasteiger partial charge in [0.2, 0.25) is 0 Å². The topological polar surface area (TPSA) is 35.5 Å². The van der Waals surface area contributed by atoms with Crippen LogP contribution in [-0.4, -0.2) is 11.6 Å². The lowest BCUT2D eigenvalue weighted by Gasteiger charge is -2.17. The van der Waals surface area contributed by atoms with E-state index in [0.717, 1.165) is 0 Å². The van der Waals surface area contributed by atoms with Gasteiger partial charge in [-0.15, -0.1) is 0 Å². The second-order valence-electron chi connectivity index (χ2n) is 4.27. The van der Waals surface area contributed by atoms with Gasteiger partial charge in [-0.25, -0.2) is 4.79 Å². The molecule has 0 saturated heterocycles. The molecule has 0 N–H and O–H groups in total. The van der Waals surface area contributed by atoms with Crippen LogP contribution < -0.4 is 4.74 Å². The number of para-hydroxylation sites is 1. The molecule has 0 aromatic heterocycles. The molecule has 86 valence electrons. The van der Waals surface area contributed by atoms with E-state index in [4.69, 9.17) is 9.47 Å². The molecule has 0 aliphatic rings. The highest BCUT2D eigenvalue weighted by atomic mass is 16.5. The van der Waals surface area contributed by atoms with Crippen LogP contribution in [0.2, 0.25) is 0 Å². The van der Waals surface area contributed by atoms with E-state index in [1.54, 1.807) is 24.3 Å². The van der Waals surface area contributed by atoms with E-state index in [1.165, 1.54) is 12.3 Å². The molecule has 0 aliphatic carbocycles. The first-order valence-corrected chi connectivity index (χ1v) is 5.08. The van der Waals surface area contributed by atoms with Crippen LogP contribution >= 0.6 is 0 Å². The SMILES string of the molecule is CC(C)(C)O/C=C/C(=O)Oc1ccccc1. The Bertz CT molecular complexity index is 361. The zero-order valence-electron chi connectivity index (χ0n) is 9.77. The number of hydrogen-bond donors (Lipinski definition) is 0. The molecule has 0 unspecified atom stereocenters. The van der Waals surface area contributed by atoms with Crippen LogP contribution in [0, 0.1) is 0 Å². The second-order valence-corrected chi connectivity index (χ2v) is 4.27. The molecular formula is C13H16O3. The van der Waals surface area contributed by atoms with Crippen LogP contribution in [0.4, 0.5) is 0 Å². The number of carbonyl (C=O) groups is 1. The number of hydrogen-bond acceptors (Lipinski definition) is 3. The lowest BCUT2D eigenvalue weighted by Crippen LogP contribution is -2.15. The molecule has 0 aliphatic heterocycles. The summed E-state index contributed by atoms with van der Waals surface area (Å²) < 4.78 is 10.3. The van der Waals surface area contributed by atoms with Gasteiger partial charge in [0.05, 0.1) is 17.9 Å². The van der Waals surface area contributed by atoms with Crippen LogP contribution in [0.5, 0.6) is 5.75 Å². The quantitative estimate of drug-likeness (QED) is 0.340. The first-order chi connectivity index (χ1) is 7.47. The van der Waals surface area contributed by atoms with Gasteiger partial charge in [-0.1, -0.05) is 18.2 Å². The standard InChI is InChI=1S/C13H16O3/c1-13(2,3)15-10-9-12(14)16-11-7-5-4-6-8-11/h4-10H,1-3H3/b10-9+. The molecule has 0 radical (unpaired) electrons. The number of rotatable bonds is 3. The minimum absolute atomic E-state index is 0.302. The molecule has 0 atom stereocenters. The fourth-order valence-corrected chi connectivity index (χ4v) is 0.932. The Morgan fingerprint density at radius 1 is 1.19 bits per heavy atom. The largest absolute Gasteiger partial charge is 0.495 e. The zero-order valence-corrected chi connectivity index (χ0v) is 9.77. The molecule has 0 spiro atoms. The number of ether oxygens (including phenoxy) is 2. The molecule has 0 heterocycles. The van der Waals surface area contributed by atoms with Crippen molar-refractivity contribution in [1.82, 2.24) is 0 Å². The maximum Gasteiger partial charge on any atom is 0.339 e. The normalized spacial score (nSPS) is 11.4. The Morgan fingerprint density at radius 2 is 1.81 bits per heavy atom. The van der Waals surface area contributed by atoms with E-state index in [1.807, 2.05) is 26.8 Å². The lowest BCUT2D eigenvalue weighted by atomic mass is 10.2. The third-order valence-electron chi connectivity index (χ3n) is 1.59. The minimum Gasteiger partial charge on any atom is -0.495 e. The average Bonchev–Trinajstić information content (AvgIpc) is 2.17. The second kappa shape index (κ2) is 5.35. The first-order valence-electron chi connectivity index (χ1n) is 5.08. The Hall–Kier alpha value is -1.77. The summed E-state index contributed by atoms with van der Waals surface area (Å²) in [6, 6.07) is 8.90. The highest BCUT2D eigenvalue weighted by molar-refractivity contribution is 5.83.